The van der Waals surface area contributed by atoms with Gasteiger partial charge in [0.25, 0.3) is 5.89 Å². The van der Waals surface area contributed by atoms with E-state index in [0.717, 1.165) is 17.9 Å². The van der Waals surface area contributed by atoms with Crippen LogP contribution in [0.3, 0.4) is 0 Å². The molecule has 1 N–H and O–H groups in total. The minimum absolute atomic E-state index is 0.0970. The number of nitrogens with zero attached hydrogens (tertiary/aromatic N) is 1. The fourth-order valence-electron chi connectivity index (χ4n) is 1.18. The first-order valence-corrected chi connectivity index (χ1v) is 4.81. The van der Waals surface area contributed by atoms with Gasteiger partial charge in [-0.2, -0.15) is 0 Å². The first-order valence-electron chi connectivity index (χ1n) is 4.81. The van der Waals surface area contributed by atoms with Crippen LogP contribution in [0.4, 0.5) is 0 Å². The molecule has 0 saturated carbocycles. The average molecular weight is 196 g/mol. The Morgan fingerprint density at radius 2 is 2.21 bits per heavy atom. The van der Waals surface area contributed by atoms with Crippen molar-refractivity contribution in [2.24, 2.45) is 0 Å². The van der Waals surface area contributed by atoms with Gasteiger partial charge in [-0.3, -0.25) is 4.79 Å². The van der Waals surface area contributed by atoms with E-state index in [1.165, 1.54) is 0 Å². The average Bonchev–Trinajstić information content (AvgIpc) is 2.45. The van der Waals surface area contributed by atoms with E-state index in [1.807, 2.05) is 27.7 Å². The predicted octanol–water partition coefficient (Wildman–Crippen LogP) is 1.68. The predicted molar refractivity (Wildman–Crippen MR) is 53.2 cm³/mol. The lowest BCUT2D eigenvalue weighted by Crippen LogP contribution is -2.30. The summed E-state index contributed by atoms with van der Waals surface area (Å²) in [4.78, 5) is 15.6. The van der Waals surface area contributed by atoms with Gasteiger partial charge in [0.1, 0.15) is 5.76 Å². The molecule has 0 saturated heterocycles. The number of rotatable bonds is 3. The molecular formula is C10H16N2O2. The molecule has 4 nitrogen and oxygen atoms in total. The van der Waals surface area contributed by atoms with Gasteiger partial charge in [-0.1, -0.05) is 6.92 Å². The van der Waals surface area contributed by atoms with Crippen molar-refractivity contribution in [1.82, 2.24) is 10.3 Å². The van der Waals surface area contributed by atoms with Crippen LogP contribution in [-0.2, 0) is 6.42 Å². The molecule has 0 radical (unpaired) electrons. The Morgan fingerprint density at radius 1 is 1.57 bits per heavy atom. The summed E-state index contributed by atoms with van der Waals surface area (Å²) in [6.45, 7) is 7.59. The molecule has 0 unspecified atom stereocenters. The lowest BCUT2D eigenvalue weighted by atomic mass is 10.3. The Hall–Kier alpha value is -1.32. The Labute approximate surface area is 83.7 Å². The van der Waals surface area contributed by atoms with Crippen molar-refractivity contribution in [3.05, 3.63) is 17.3 Å². The third-order valence-electron chi connectivity index (χ3n) is 1.84. The van der Waals surface area contributed by atoms with Gasteiger partial charge in [0.15, 0.2) is 0 Å². The normalized spacial score (nSPS) is 10.6. The molecule has 0 bridgehead atoms. The van der Waals surface area contributed by atoms with Gasteiger partial charge in [-0.25, -0.2) is 4.98 Å². The lowest BCUT2D eigenvalue weighted by molar-refractivity contribution is 0.0907. The third-order valence-corrected chi connectivity index (χ3v) is 1.84. The maximum atomic E-state index is 11.5. The second-order valence-corrected chi connectivity index (χ2v) is 3.50. The molecule has 14 heavy (non-hydrogen) atoms. The first-order chi connectivity index (χ1) is 6.54. The van der Waals surface area contributed by atoms with Gasteiger partial charge in [-0.15, -0.1) is 0 Å². The van der Waals surface area contributed by atoms with Crippen molar-refractivity contribution in [2.75, 3.05) is 0 Å². The summed E-state index contributed by atoms with van der Waals surface area (Å²) in [7, 11) is 0. The Morgan fingerprint density at radius 3 is 2.64 bits per heavy atom. The zero-order valence-corrected chi connectivity index (χ0v) is 9.05. The molecule has 0 aliphatic rings. The summed E-state index contributed by atoms with van der Waals surface area (Å²) >= 11 is 0. The molecule has 0 spiro atoms. The zero-order chi connectivity index (χ0) is 10.7. The fourth-order valence-corrected chi connectivity index (χ4v) is 1.18. The number of nitrogens with one attached hydrogen (secondary N) is 1. The van der Waals surface area contributed by atoms with Gasteiger partial charge in [0, 0.05) is 6.04 Å². The molecule has 0 aliphatic heterocycles. The maximum absolute atomic E-state index is 11.5. The van der Waals surface area contributed by atoms with Crippen molar-refractivity contribution in [3.8, 4) is 0 Å². The molecule has 4 heteroatoms. The van der Waals surface area contributed by atoms with Crippen LogP contribution in [0.5, 0.6) is 0 Å². The molecular weight excluding hydrogens is 180 g/mol. The number of hydrogen-bond donors (Lipinski definition) is 1. The zero-order valence-electron chi connectivity index (χ0n) is 9.05. The summed E-state index contributed by atoms with van der Waals surface area (Å²) < 4.78 is 5.25. The van der Waals surface area contributed by atoms with E-state index in [2.05, 4.69) is 10.3 Å². The summed E-state index contributed by atoms with van der Waals surface area (Å²) in [6.07, 6.45) is 0.782. The number of carbonyl (C=O) groups excluding carboxylic acids is 1. The highest BCUT2D eigenvalue weighted by molar-refractivity contribution is 5.89. The molecule has 78 valence electrons. The highest BCUT2D eigenvalue weighted by atomic mass is 16.4. The van der Waals surface area contributed by atoms with E-state index >= 15 is 0 Å². The molecule has 0 aromatic carbocycles. The summed E-state index contributed by atoms with van der Waals surface area (Å²) in [5, 5.41) is 2.73. The Balaban J connectivity index is 2.80. The van der Waals surface area contributed by atoms with Crippen LogP contribution in [0.1, 0.15) is 42.9 Å². The van der Waals surface area contributed by atoms with Crippen LogP contribution in [0.15, 0.2) is 4.42 Å². The molecule has 0 aliphatic carbocycles. The van der Waals surface area contributed by atoms with E-state index < -0.39 is 0 Å². The monoisotopic (exact) mass is 196 g/mol. The summed E-state index contributed by atoms with van der Waals surface area (Å²) in [5.41, 5.74) is 0.846. The molecule has 1 aromatic heterocycles. The Kier molecular flexibility index (Phi) is 3.28. The van der Waals surface area contributed by atoms with E-state index in [-0.39, 0.29) is 17.8 Å². The highest BCUT2D eigenvalue weighted by Crippen LogP contribution is 2.10. The minimum Gasteiger partial charge on any atom is -0.438 e. The standard InChI is InChI=1S/C10H16N2O2/c1-5-8-7(4)14-10(12-8)9(13)11-6(2)3/h6H,5H2,1-4H3,(H,11,13). The third kappa shape index (κ3) is 2.34. The van der Waals surface area contributed by atoms with Crippen LogP contribution in [0.25, 0.3) is 0 Å². The van der Waals surface area contributed by atoms with Crippen molar-refractivity contribution in [1.29, 1.82) is 0 Å². The molecule has 1 rings (SSSR count). The molecule has 1 heterocycles. The topological polar surface area (TPSA) is 55.1 Å². The number of aryl methyl sites for hydroxylation is 2. The van der Waals surface area contributed by atoms with E-state index in [1.54, 1.807) is 0 Å². The molecule has 0 atom stereocenters. The summed E-state index contributed by atoms with van der Waals surface area (Å²) in [5.74, 6) is 0.636. The van der Waals surface area contributed by atoms with Gasteiger partial charge in [0.05, 0.1) is 5.69 Å². The SMILES string of the molecule is CCc1nc(C(=O)NC(C)C)oc1C. The number of carbonyl (C=O) groups is 1. The smallest absolute Gasteiger partial charge is 0.307 e. The van der Waals surface area contributed by atoms with Crippen LogP contribution in [-0.4, -0.2) is 16.9 Å². The van der Waals surface area contributed by atoms with Crippen molar-refractivity contribution < 1.29 is 9.21 Å². The van der Waals surface area contributed by atoms with Crippen molar-refractivity contribution >= 4 is 5.91 Å². The second-order valence-electron chi connectivity index (χ2n) is 3.50. The van der Waals surface area contributed by atoms with Gasteiger partial charge < -0.3 is 9.73 Å². The second kappa shape index (κ2) is 4.26. The van der Waals surface area contributed by atoms with Crippen LogP contribution in [0, 0.1) is 6.92 Å². The number of oxazole rings is 1. The fraction of sp³-hybridized carbons (Fsp3) is 0.600. The van der Waals surface area contributed by atoms with Gasteiger partial charge >= 0.3 is 5.91 Å². The maximum Gasteiger partial charge on any atom is 0.307 e. The first kappa shape index (κ1) is 10.8. The largest absolute Gasteiger partial charge is 0.438 e. The Bertz CT molecular complexity index is 329. The number of amides is 1. The summed E-state index contributed by atoms with van der Waals surface area (Å²) in [6, 6.07) is 0.0970. The van der Waals surface area contributed by atoms with Crippen molar-refractivity contribution in [3.63, 3.8) is 0 Å². The van der Waals surface area contributed by atoms with Gasteiger partial charge in [0.2, 0.25) is 0 Å². The number of aromatic nitrogens is 1. The van der Waals surface area contributed by atoms with Crippen LogP contribution in [0.2, 0.25) is 0 Å². The molecule has 0 fully saturated rings. The van der Waals surface area contributed by atoms with E-state index in [0.29, 0.717) is 0 Å². The van der Waals surface area contributed by atoms with Crippen LogP contribution < -0.4 is 5.32 Å². The quantitative estimate of drug-likeness (QED) is 0.800. The minimum atomic E-state index is -0.247. The molecule has 1 amide bonds. The van der Waals surface area contributed by atoms with Crippen LogP contribution >= 0.6 is 0 Å². The molecule has 1 aromatic rings. The van der Waals surface area contributed by atoms with E-state index in [4.69, 9.17) is 4.42 Å². The van der Waals surface area contributed by atoms with Crippen molar-refractivity contribution in [2.45, 2.75) is 40.2 Å². The highest BCUT2D eigenvalue weighted by Gasteiger charge is 2.15. The lowest BCUT2D eigenvalue weighted by Gasteiger charge is -2.04. The van der Waals surface area contributed by atoms with E-state index in [9.17, 15) is 4.79 Å². The van der Waals surface area contributed by atoms with Gasteiger partial charge in [-0.05, 0) is 27.2 Å². The number of hydrogen-bond acceptors (Lipinski definition) is 3.